The summed E-state index contributed by atoms with van der Waals surface area (Å²) in [5.41, 5.74) is -0.629. The Morgan fingerprint density at radius 3 is 2.38 bits per heavy atom. The van der Waals surface area contributed by atoms with Crippen LogP contribution in [-0.2, 0) is 25.6 Å². The van der Waals surface area contributed by atoms with Gasteiger partial charge in [-0.3, -0.25) is 9.59 Å². The number of carbonyl (C=O) groups excluding carboxylic acids is 2. The van der Waals surface area contributed by atoms with Crippen LogP contribution in [0, 0.1) is 0 Å². The average Bonchev–Trinajstić information content (AvgIpc) is 2.71. The number of nitrogens with one attached hydrogen (secondary N) is 1. The Morgan fingerprint density at radius 1 is 1.14 bits per heavy atom. The number of benzene rings is 2. The highest BCUT2D eigenvalue weighted by Crippen LogP contribution is 2.33. The van der Waals surface area contributed by atoms with Crippen molar-refractivity contribution >= 4 is 33.0 Å². The first-order valence-electron chi connectivity index (χ1n) is 8.60. The SMILES string of the molecule is CC1CC(=O)N(CC(=O)Nc2ccc(C(F)(F)F)cc2)c2ccccc2S1(=O)=O. The van der Waals surface area contributed by atoms with Gasteiger partial charge in [0, 0.05) is 12.1 Å². The molecule has 154 valence electrons. The van der Waals surface area contributed by atoms with Crippen LogP contribution in [0.2, 0.25) is 0 Å². The largest absolute Gasteiger partial charge is 0.416 e. The topological polar surface area (TPSA) is 83.6 Å². The van der Waals surface area contributed by atoms with Crippen molar-refractivity contribution in [2.45, 2.75) is 29.7 Å². The van der Waals surface area contributed by atoms with Gasteiger partial charge in [0.2, 0.25) is 11.8 Å². The van der Waals surface area contributed by atoms with Gasteiger partial charge in [-0.15, -0.1) is 0 Å². The lowest BCUT2D eigenvalue weighted by atomic mass is 10.2. The first-order valence-corrected chi connectivity index (χ1v) is 10.1. The zero-order chi connectivity index (χ0) is 21.4. The number of rotatable bonds is 3. The van der Waals surface area contributed by atoms with E-state index >= 15 is 0 Å². The lowest BCUT2D eigenvalue weighted by Gasteiger charge is -2.22. The van der Waals surface area contributed by atoms with Gasteiger partial charge in [-0.2, -0.15) is 13.2 Å². The quantitative estimate of drug-likeness (QED) is 0.817. The van der Waals surface area contributed by atoms with Crippen molar-refractivity contribution in [1.82, 2.24) is 0 Å². The molecule has 0 saturated heterocycles. The normalized spacial score (nSPS) is 18.7. The maximum Gasteiger partial charge on any atom is 0.416 e. The summed E-state index contributed by atoms with van der Waals surface area (Å²) in [5.74, 6) is -1.20. The van der Waals surface area contributed by atoms with Gasteiger partial charge >= 0.3 is 6.18 Å². The molecule has 2 aromatic rings. The van der Waals surface area contributed by atoms with E-state index in [2.05, 4.69) is 5.32 Å². The molecule has 1 heterocycles. The standard InChI is InChI=1S/C19H17F3N2O4S/c1-12-10-18(26)24(15-4-2-3-5-16(15)29(12,27)28)11-17(25)23-14-8-6-13(7-9-14)19(20,21)22/h2-9,12H,10-11H2,1H3,(H,23,25). The molecule has 0 saturated carbocycles. The minimum absolute atomic E-state index is 0.0410. The number of para-hydroxylation sites is 1. The Balaban J connectivity index is 1.83. The van der Waals surface area contributed by atoms with Gasteiger partial charge in [0.1, 0.15) is 6.54 Å². The lowest BCUT2D eigenvalue weighted by molar-refractivity contribution is -0.137. The summed E-state index contributed by atoms with van der Waals surface area (Å²) < 4.78 is 63.1. The molecule has 2 aromatic carbocycles. The van der Waals surface area contributed by atoms with E-state index in [0.29, 0.717) is 0 Å². The summed E-state index contributed by atoms with van der Waals surface area (Å²) in [6, 6.07) is 9.76. The highest BCUT2D eigenvalue weighted by Gasteiger charge is 2.36. The third-order valence-electron chi connectivity index (χ3n) is 4.55. The summed E-state index contributed by atoms with van der Waals surface area (Å²) in [6.45, 7) is 0.953. The summed E-state index contributed by atoms with van der Waals surface area (Å²) in [7, 11) is -3.74. The first-order chi connectivity index (χ1) is 13.5. The number of carbonyl (C=O) groups is 2. The van der Waals surface area contributed by atoms with Crippen LogP contribution < -0.4 is 10.2 Å². The van der Waals surface area contributed by atoms with Crippen LogP contribution in [0.3, 0.4) is 0 Å². The molecule has 6 nitrogen and oxygen atoms in total. The van der Waals surface area contributed by atoms with Gasteiger partial charge in [-0.25, -0.2) is 8.42 Å². The number of anilines is 2. The Kier molecular flexibility index (Phi) is 5.40. The molecule has 1 aliphatic heterocycles. The summed E-state index contributed by atoms with van der Waals surface area (Å²) in [5, 5.41) is 1.48. The smallest absolute Gasteiger partial charge is 0.325 e. The number of amides is 2. The second-order valence-corrected chi connectivity index (χ2v) is 8.97. The maximum absolute atomic E-state index is 12.6. The number of alkyl halides is 3. The van der Waals surface area contributed by atoms with Crippen molar-refractivity contribution in [3.05, 3.63) is 54.1 Å². The van der Waals surface area contributed by atoms with E-state index in [0.717, 1.165) is 29.2 Å². The third-order valence-corrected chi connectivity index (χ3v) is 6.74. The molecular weight excluding hydrogens is 409 g/mol. The molecule has 1 unspecified atom stereocenters. The van der Waals surface area contributed by atoms with Gasteiger partial charge in [-0.1, -0.05) is 12.1 Å². The van der Waals surface area contributed by atoms with Crippen LogP contribution in [0.25, 0.3) is 0 Å². The molecule has 0 aliphatic carbocycles. The number of hydrogen-bond acceptors (Lipinski definition) is 4. The fourth-order valence-corrected chi connectivity index (χ4v) is 4.53. The van der Waals surface area contributed by atoms with E-state index in [-0.39, 0.29) is 22.7 Å². The molecule has 2 amide bonds. The predicted molar refractivity (Wildman–Crippen MR) is 100 cm³/mol. The number of halogens is 3. The average molecular weight is 426 g/mol. The van der Waals surface area contributed by atoms with Gasteiger partial charge in [0.25, 0.3) is 0 Å². The third kappa shape index (κ3) is 4.26. The highest BCUT2D eigenvalue weighted by molar-refractivity contribution is 7.92. The van der Waals surface area contributed by atoms with Crippen molar-refractivity contribution in [3.63, 3.8) is 0 Å². The number of nitrogens with zero attached hydrogens (tertiary/aromatic N) is 1. The van der Waals surface area contributed by atoms with Crippen LogP contribution >= 0.6 is 0 Å². The zero-order valence-electron chi connectivity index (χ0n) is 15.2. The van der Waals surface area contributed by atoms with Gasteiger partial charge in [0.15, 0.2) is 9.84 Å². The molecule has 0 aromatic heterocycles. The van der Waals surface area contributed by atoms with Crippen LogP contribution in [0.15, 0.2) is 53.4 Å². The van der Waals surface area contributed by atoms with E-state index in [4.69, 9.17) is 0 Å². The minimum atomic E-state index is -4.49. The molecule has 1 atom stereocenters. The lowest BCUT2D eigenvalue weighted by Crippen LogP contribution is -2.38. The summed E-state index contributed by atoms with van der Waals surface area (Å²) >= 11 is 0. The molecule has 0 spiro atoms. The Morgan fingerprint density at radius 2 is 1.76 bits per heavy atom. The van der Waals surface area contributed by atoms with Crippen LogP contribution in [0.5, 0.6) is 0 Å². The van der Waals surface area contributed by atoms with E-state index in [1.165, 1.54) is 25.1 Å². The minimum Gasteiger partial charge on any atom is -0.325 e. The molecular formula is C19H17F3N2O4S. The number of sulfone groups is 1. The van der Waals surface area contributed by atoms with Gasteiger partial charge in [0.05, 0.1) is 21.4 Å². The Labute approximate surface area is 165 Å². The highest BCUT2D eigenvalue weighted by atomic mass is 32.2. The molecule has 10 heteroatoms. The zero-order valence-corrected chi connectivity index (χ0v) is 16.0. The van der Waals surface area contributed by atoms with Crippen molar-refractivity contribution in [3.8, 4) is 0 Å². The van der Waals surface area contributed by atoms with Crippen molar-refractivity contribution in [1.29, 1.82) is 0 Å². The molecule has 0 radical (unpaired) electrons. The second kappa shape index (κ2) is 7.51. The van der Waals surface area contributed by atoms with E-state index in [1.807, 2.05) is 0 Å². The first kappa shape index (κ1) is 20.8. The molecule has 1 aliphatic rings. The van der Waals surface area contributed by atoms with Crippen LogP contribution in [0.1, 0.15) is 18.9 Å². The number of hydrogen-bond donors (Lipinski definition) is 1. The van der Waals surface area contributed by atoms with Gasteiger partial charge < -0.3 is 10.2 Å². The van der Waals surface area contributed by atoms with Crippen LogP contribution in [0.4, 0.5) is 24.5 Å². The predicted octanol–water partition coefficient (Wildman–Crippen LogP) is 3.24. The van der Waals surface area contributed by atoms with Crippen molar-refractivity contribution in [2.24, 2.45) is 0 Å². The summed E-state index contributed by atoms with van der Waals surface area (Å²) in [6.07, 6.45) is -4.78. The molecule has 29 heavy (non-hydrogen) atoms. The molecule has 3 rings (SSSR count). The number of fused-ring (bicyclic) bond motifs is 1. The fraction of sp³-hybridized carbons (Fsp3) is 0.263. The second-order valence-electron chi connectivity index (χ2n) is 6.63. The summed E-state index contributed by atoms with van der Waals surface area (Å²) in [4.78, 5) is 26.0. The van der Waals surface area contributed by atoms with E-state index in [1.54, 1.807) is 6.07 Å². The monoisotopic (exact) mass is 426 g/mol. The van der Waals surface area contributed by atoms with Crippen molar-refractivity contribution in [2.75, 3.05) is 16.8 Å². The van der Waals surface area contributed by atoms with E-state index in [9.17, 15) is 31.2 Å². The molecule has 0 bridgehead atoms. The Hall–Kier alpha value is -2.88. The maximum atomic E-state index is 12.6. The Bertz CT molecular complexity index is 1050. The molecule has 1 N–H and O–H groups in total. The van der Waals surface area contributed by atoms with Gasteiger partial charge in [-0.05, 0) is 43.3 Å². The molecule has 0 fully saturated rings. The fourth-order valence-electron chi connectivity index (χ4n) is 3.00. The van der Waals surface area contributed by atoms with Crippen LogP contribution in [-0.4, -0.2) is 32.0 Å². The van der Waals surface area contributed by atoms with Crippen molar-refractivity contribution < 1.29 is 31.2 Å². The van der Waals surface area contributed by atoms with E-state index < -0.39 is 45.2 Å².